The van der Waals surface area contributed by atoms with Crippen LogP contribution in [0.1, 0.15) is 16.7 Å². The van der Waals surface area contributed by atoms with Crippen molar-refractivity contribution in [3.63, 3.8) is 0 Å². The molecule has 1 aliphatic rings. The molecule has 0 saturated heterocycles. The minimum Gasteiger partial charge on any atom is -0.342 e. The highest BCUT2D eigenvalue weighted by molar-refractivity contribution is 6.42. The van der Waals surface area contributed by atoms with Gasteiger partial charge in [0.2, 0.25) is 0 Å². The highest BCUT2D eigenvalue weighted by Gasteiger charge is 2.23. The number of halogens is 2. The molecule has 0 saturated carbocycles. The monoisotopic (exact) mass is 418 g/mol. The van der Waals surface area contributed by atoms with Crippen LogP contribution in [0.3, 0.4) is 0 Å². The van der Waals surface area contributed by atoms with E-state index >= 15 is 0 Å². The fourth-order valence-electron chi connectivity index (χ4n) is 3.79. The molecule has 1 N–H and O–H groups in total. The van der Waals surface area contributed by atoms with Crippen molar-refractivity contribution in [2.24, 2.45) is 0 Å². The third kappa shape index (κ3) is 3.23. The molecule has 0 bridgehead atoms. The number of nitrogens with one attached hydrogen (secondary N) is 1. The van der Waals surface area contributed by atoms with Crippen LogP contribution >= 0.6 is 23.2 Å². The Bertz CT molecular complexity index is 1300. The van der Waals surface area contributed by atoms with E-state index in [9.17, 15) is 4.79 Å². The fraction of sp³-hybridized carbons (Fsp3) is 0.0417. The lowest BCUT2D eigenvalue weighted by atomic mass is 10.0. The van der Waals surface area contributed by atoms with Gasteiger partial charge >= 0.3 is 0 Å². The highest BCUT2D eigenvalue weighted by Crippen LogP contribution is 2.34. The van der Waals surface area contributed by atoms with E-state index in [0.29, 0.717) is 22.2 Å². The van der Waals surface area contributed by atoms with Crippen molar-refractivity contribution >= 4 is 57.3 Å². The summed E-state index contributed by atoms with van der Waals surface area (Å²) in [5.74, 6) is -0.0764. The van der Waals surface area contributed by atoms with E-state index in [1.807, 2.05) is 60.7 Å². The van der Waals surface area contributed by atoms with Gasteiger partial charge in [-0.05, 0) is 35.9 Å². The van der Waals surface area contributed by atoms with Gasteiger partial charge in [-0.25, -0.2) is 0 Å². The number of fused-ring (bicyclic) bond motifs is 2. The molecule has 3 aromatic carbocycles. The van der Waals surface area contributed by atoms with Crippen LogP contribution in [0.5, 0.6) is 0 Å². The Morgan fingerprint density at radius 3 is 2.59 bits per heavy atom. The van der Waals surface area contributed by atoms with E-state index in [-0.39, 0.29) is 5.91 Å². The molecule has 0 atom stereocenters. The molecule has 1 aromatic heterocycles. The minimum absolute atomic E-state index is 0.0764. The molecule has 0 fully saturated rings. The lowest BCUT2D eigenvalue weighted by molar-refractivity contribution is -0.110. The van der Waals surface area contributed by atoms with Crippen molar-refractivity contribution < 1.29 is 4.79 Å². The van der Waals surface area contributed by atoms with Gasteiger partial charge in [0.1, 0.15) is 0 Å². The molecule has 2 heterocycles. The summed E-state index contributed by atoms with van der Waals surface area (Å²) in [5, 5.41) is 5.12. The maximum Gasteiger partial charge on any atom is 0.256 e. The van der Waals surface area contributed by atoms with Crippen LogP contribution in [-0.2, 0) is 11.3 Å². The van der Waals surface area contributed by atoms with Gasteiger partial charge in [-0.15, -0.1) is 0 Å². The third-order valence-corrected chi connectivity index (χ3v) is 5.91. The first kappa shape index (κ1) is 18.0. The van der Waals surface area contributed by atoms with Crippen LogP contribution in [-0.4, -0.2) is 10.5 Å². The maximum absolute atomic E-state index is 12.5. The Labute approximate surface area is 178 Å². The smallest absolute Gasteiger partial charge is 0.256 e. The van der Waals surface area contributed by atoms with Crippen LogP contribution in [0.4, 0.5) is 5.69 Å². The molecule has 0 radical (unpaired) electrons. The van der Waals surface area contributed by atoms with Crippen molar-refractivity contribution in [2.45, 2.75) is 6.54 Å². The van der Waals surface area contributed by atoms with Crippen molar-refractivity contribution in [1.29, 1.82) is 0 Å². The third-order valence-electron chi connectivity index (χ3n) is 5.17. The zero-order chi connectivity index (χ0) is 20.0. The summed E-state index contributed by atoms with van der Waals surface area (Å²) in [7, 11) is 0. The van der Waals surface area contributed by atoms with E-state index in [1.165, 1.54) is 0 Å². The van der Waals surface area contributed by atoms with Crippen LogP contribution < -0.4 is 5.32 Å². The Hall–Kier alpha value is -3.01. The molecule has 5 heteroatoms. The standard InChI is InChI=1S/C24H16Cl2N2O/c25-20-10-9-15(11-21(20)26)13-28-14-16(17-5-2-4-8-23(17)28)12-19-18-6-1-3-7-22(18)27-24(19)29/h1-12,14H,13H2,(H,27,29)/b19-12+. The second kappa shape index (κ2) is 7.11. The largest absolute Gasteiger partial charge is 0.342 e. The second-order valence-corrected chi connectivity index (χ2v) is 7.85. The summed E-state index contributed by atoms with van der Waals surface area (Å²) in [6.45, 7) is 0.656. The van der Waals surface area contributed by atoms with Crippen molar-refractivity contribution in [3.05, 3.63) is 99.7 Å². The van der Waals surface area contributed by atoms with Crippen LogP contribution in [0, 0.1) is 0 Å². The Balaban J connectivity index is 1.61. The Kier molecular flexibility index (Phi) is 4.42. The second-order valence-electron chi connectivity index (χ2n) is 7.04. The molecule has 1 amide bonds. The van der Waals surface area contributed by atoms with E-state index in [4.69, 9.17) is 23.2 Å². The Morgan fingerprint density at radius 1 is 0.931 bits per heavy atom. The molecular weight excluding hydrogens is 403 g/mol. The number of nitrogens with zero attached hydrogens (tertiary/aromatic N) is 1. The average Bonchev–Trinajstić information content (AvgIpc) is 3.23. The molecular formula is C24H16Cl2N2O. The summed E-state index contributed by atoms with van der Waals surface area (Å²) >= 11 is 12.2. The number of para-hydroxylation sites is 2. The minimum atomic E-state index is -0.0764. The first-order valence-electron chi connectivity index (χ1n) is 9.24. The summed E-state index contributed by atoms with van der Waals surface area (Å²) in [4.78, 5) is 12.5. The lowest BCUT2D eigenvalue weighted by Crippen LogP contribution is -2.03. The van der Waals surface area contributed by atoms with E-state index < -0.39 is 0 Å². The van der Waals surface area contributed by atoms with Gasteiger partial charge in [0.15, 0.2) is 0 Å². The van der Waals surface area contributed by atoms with Crippen molar-refractivity contribution in [3.8, 4) is 0 Å². The number of carbonyl (C=O) groups excluding carboxylic acids is 1. The van der Waals surface area contributed by atoms with E-state index in [2.05, 4.69) is 28.2 Å². The van der Waals surface area contributed by atoms with Gasteiger partial charge in [-0.2, -0.15) is 0 Å². The molecule has 5 rings (SSSR count). The first-order chi connectivity index (χ1) is 14.1. The quantitative estimate of drug-likeness (QED) is 0.379. The molecule has 0 aliphatic carbocycles. The number of hydrogen-bond acceptors (Lipinski definition) is 1. The molecule has 4 aromatic rings. The van der Waals surface area contributed by atoms with Gasteiger partial charge < -0.3 is 9.88 Å². The Morgan fingerprint density at radius 2 is 1.72 bits per heavy atom. The number of amides is 1. The molecule has 0 unspecified atom stereocenters. The number of aromatic nitrogens is 1. The van der Waals surface area contributed by atoms with Gasteiger partial charge in [0.25, 0.3) is 5.91 Å². The number of hydrogen-bond donors (Lipinski definition) is 1. The molecule has 3 nitrogen and oxygen atoms in total. The van der Waals surface area contributed by atoms with Crippen molar-refractivity contribution in [2.75, 3.05) is 5.32 Å². The van der Waals surface area contributed by atoms with Crippen LogP contribution in [0.15, 0.2) is 72.9 Å². The summed E-state index contributed by atoms with van der Waals surface area (Å²) in [6.07, 6.45) is 4.04. The summed E-state index contributed by atoms with van der Waals surface area (Å²) in [6, 6.07) is 21.6. The lowest BCUT2D eigenvalue weighted by Gasteiger charge is -2.06. The first-order valence-corrected chi connectivity index (χ1v) is 10.00. The van der Waals surface area contributed by atoms with E-state index in [1.54, 1.807) is 0 Å². The average molecular weight is 419 g/mol. The highest BCUT2D eigenvalue weighted by atomic mass is 35.5. The maximum atomic E-state index is 12.5. The van der Waals surface area contributed by atoms with Crippen LogP contribution in [0.2, 0.25) is 10.0 Å². The predicted molar refractivity (Wildman–Crippen MR) is 120 cm³/mol. The van der Waals surface area contributed by atoms with E-state index in [0.717, 1.165) is 33.3 Å². The summed E-state index contributed by atoms with van der Waals surface area (Å²) < 4.78 is 2.17. The molecule has 29 heavy (non-hydrogen) atoms. The number of rotatable bonds is 3. The molecule has 1 aliphatic heterocycles. The molecule has 142 valence electrons. The fourth-order valence-corrected chi connectivity index (χ4v) is 4.11. The predicted octanol–water partition coefficient (Wildman–Crippen LogP) is 6.49. The van der Waals surface area contributed by atoms with Gasteiger partial charge in [-0.3, -0.25) is 4.79 Å². The number of benzene rings is 3. The zero-order valence-corrected chi connectivity index (χ0v) is 16.8. The van der Waals surface area contributed by atoms with Gasteiger partial charge in [-0.1, -0.05) is 65.7 Å². The van der Waals surface area contributed by atoms with Gasteiger partial charge in [0.05, 0.1) is 10.0 Å². The normalized spacial score (nSPS) is 14.4. The van der Waals surface area contributed by atoms with Crippen molar-refractivity contribution in [1.82, 2.24) is 4.57 Å². The topological polar surface area (TPSA) is 34.0 Å². The molecule has 0 spiro atoms. The van der Waals surface area contributed by atoms with Gasteiger partial charge in [0, 0.05) is 46.0 Å². The van der Waals surface area contributed by atoms with Crippen LogP contribution in [0.25, 0.3) is 22.6 Å². The number of anilines is 1. The number of carbonyl (C=O) groups is 1. The SMILES string of the molecule is O=C1Nc2ccccc2/C1=C\c1cn(Cc2ccc(Cl)c(Cl)c2)c2ccccc12. The summed E-state index contributed by atoms with van der Waals surface area (Å²) in [5.41, 5.74) is 5.61. The zero-order valence-electron chi connectivity index (χ0n) is 15.3.